The Morgan fingerprint density at radius 2 is 2.17 bits per heavy atom. The van der Waals surface area contributed by atoms with E-state index in [0.717, 1.165) is 17.3 Å². The van der Waals surface area contributed by atoms with Gasteiger partial charge >= 0.3 is 5.69 Å². The molecule has 0 bridgehead atoms. The van der Waals surface area contributed by atoms with Crippen LogP contribution >= 0.6 is 0 Å². The summed E-state index contributed by atoms with van der Waals surface area (Å²) in [5.74, 6) is 0. The van der Waals surface area contributed by atoms with E-state index < -0.39 is 4.92 Å². The van der Waals surface area contributed by atoms with Crippen molar-refractivity contribution in [3.63, 3.8) is 0 Å². The fraction of sp³-hybridized carbons (Fsp3) is 0.250. The molecule has 0 spiro atoms. The van der Waals surface area contributed by atoms with Gasteiger partial charge in [0.05, 0.1) is 10.4 Å². The first-order chi connectivity index (χ1) is 8.66. The number of nitrogens with two attached hydrogens (primary N) is 1. The standard InChI is InChI=1S/C12H12N4O2/c13-8-5-10(8)15-12-7-3-1-2-4-9(7)14-6-11(12)16(17)18/h1-4,6,8,10H,5,13H2,(H,14,15). The molecule has 2 unspecified atom stereocenters. The molecule has 2 aromatic rings. The SMILES string of the molecule is NC1CC1Nc1c([N+](=O)[O-])cnc2ccccc12. The summed E-state index contributed by atoms with van der Waals surface area (Å²) in [6, 6.07) is 7.55. The second kappa shape index (κ2) is 3.92. The molecule has 1 fully saturated rings. The zero-order valence-corrected chi connectivity index (χ0v) is 9.54. The lowest BCUT2D eigenvalue weighted by Crippen LogP contribution is -2.14. The van der Waals surface area contributed by atoms with Gasteiger partial charge in [0.15, 0.2) is 0 Å². The number of para-hydroxylation sites is 1. The summed E-state index contributed by atoms with van der Waals surface area (Å²) < 4.78 is 0. The Bertz CT molecular complexity index is 629. The van der Waals surface area contributed by atoms with Gasteiger partial charge in [-0.1, -0.05) is 18.2 Å². The normalized spacial score (nSPS) is 21.8. The Kier molecular flexibility index (Phi) is 2.38. The maximum Gasteiger partial charge on any atom is 0.311 e. The molecular weight excluding hydrogens is 232 g/mol. The summed E-state index contributed by atoms with van der Waals surface area (Å²) in [6.07, 6.45) is 2.13. The summed E-state index contributed by atoms with van der Waals surface area (Å²) in [4.78, 5) is 14.7. The largest absolute Gasteiger partial charge is 0.375 e. The number of fused-ring (bicyclic) bond motifs is 1. The highest BCUT2D eigenvalue weighted by atomic mass is 16.6. The molecule has 0 saturated heterocycles. The van der Waals surface area contributed by atoms with Crippen LogP contribution in [0.15, 0.2) is 30.5 Å². The van der Waals surface area contributed by atoms with E-state index in [0.29, 0.717) is 5.69 Å². The number of nitrogens with zero attached hydrogens (tertiary/aromatic N) is 2. The molecule has 6 nitrogen and oxygen atoms in total. The van der Waals surface area contributed by atoms with E-state index in [1.807, 2.05) is 24.3 Å². The minimum absolute atomic E-state index is 0.00667. The van der Waals surface area contributed by atoms with Crippen molar-refractivity contribution in [2.45, 2.75) is 18.5 Å². The van der Waals surface area contributed by atoms with Crippen LogP contribution in [0.1, 0.15) is 6.42 Å². The molecule has 1 aromatic carbocycles. The van der Waals surface area contributed by atoms with E-state index in [2.05, 4.69) is 10.3 Å². The Morgan fingerprint density at radius 3 is 2.83 bits per heavy atom. The van der Waals surface area contributed by atoms with Gasteiger partial charge in [0.25, 0.3) is 0 Å². The smallest absolute Gasteiger partial charge is 0.311 e. The zero-order chi connectivity index (χ0) is 12.7. The number of pyridine rings is 1. The molecule has 3 N–H and O–H groups in total. The number of hydrogen-bond donors (Lipinski definition) is 2. The molecule has 0 amide bonds. The van der Waals surface area contributed by atoms with Gasteiger partial charge in [0, 0.05) is 17.5 Å². The molecule has 92 valence electrons. The lowest BCUT2D eigenvalue weighted by molar-refractivity contribution is -0.384. The number of benzene rings is 1. The van der Waals surface area contributed by atoms with Crippen molar-refractivity contribution in [2.24, 2.45) is 5.73 Å². The zero-order valence-electron chi connectivity index (χ0n) is 9.54. The highest BCUT2D eigenvalue weighted by Gasteiger charge is 2.35. The molecule has 6 heteroatoms. The summed E-state index contributed by atoms with van der Waals surface area (Å²) in [5, 5.41) is 15.0. The molecule has 1 aliphatic rings. The van der Waals surface area contributed by atoms with Crippen LogP contribution in [-0.4, -0.2) is 22.0 Å². The van der Waals surface area contributed by atoms with Crippen LogP contribution in [0.5, 0.6) is 0 Å². The highest BCUT2D eigenvalue weighted by Crippen LogP contribution is 2.35. The summed E-state index contributed by atoms with van der Waals surface area (Å²) in [6.45, 7) is 0. The molecule has 1 aromatic heterocycles. The Balaban J connectivity index is 2.15. The molecule has 1 heterocycles. The Labute approximate surface area is 103 Å². The summed E-state index contributed by atoms with van der Waals surface area (Å²) in [7, 11) is 0. The van der Waals surface area contributed by atoms with Gasteiger partial charge in [-0.2, -0.15) is 0 Å². The minimum atomic E-state index is -0.421. The van der Waals surface area contributed by atoms with Crippen LogP contribution < -0.4 is 11.1 Å². The van der Waals surface area contributed by atoms with E-state index in [9.17, 15) is 10.1 Å². The van der Waals surface area contributed by atoms with Crippen LogP contribution in [0.2, 0.25) is 0 Å². The van der Waals surface area contributed by atoms with Crippen LogP contribution in [-0.2, 0) is 0 Å². The maximum atomic E-state index is 11.0. The van der Waals surface area contributed by atoms with Crippen molar-refractivity contribution in [3.05, 3.63) is 40.6 Å². The minimum Gasteiger partial charge on any atom is -0.375 e. The average Bonchev–Trinajstić information content (AvgIpc) is 3.05. The third-order valence-corrected chi connectivity index (χ3v) is 3.12. The predicted octanol–water partition coefficient (Wildman–Crippen LogP) is 1.65. The quantitative estimate of drug-likeness (QED) is 0.632. The van der Waals surface area contributed by atoms with Crippen LogP contribution in [0.25, 0.3) is 10.9 Å². The molecular formula is C12H12N4O2. The maximum absolute atomic E-state index is 11.0. The average molecular weight is 244 g/mol. The number of hydrogen-bond acceptors (Lipinski definition) is 5. The lowest BCUT2D eigenvalue weighted by Gasteiger charge is -2.09. The Hall–Kier alpha value is -2.21. The van der Waals surface area contributed by atoms with Crippen molar-refractivity contribution in [1.29, 1.82) is 0 Å². The lowest BCUT2D eigenvalue weighted by atomic mass is 10.1. The van der Waals surface area contributed by atoms with Gasteiger partial charge in [-0.3, -0.25) is 10.1 Å². The van der Waals surface area contributed by atoms with Crippen LogP contribution in [0.3, 0.4) is 0 Å². The fourth-order valence-electron chi connectivity index (χ4n) is 1.99. The van der Waals surface area contributed by atoms with Crippen LogP contribution in [0.4, 0.5) is 11.4 Å². The van der Waals surface area contributed by atoms with E-state index in [4.69, 9.17) is 5.73 Å². The topological polar surface area (TPSA) is 94.1 Å². The molecule has 2 atom stereocenters. The number of rotatable bonds is 3. The predicted molar refractivity (Wildman–Crippen MR) is 68.4 cm³/mol. The van der Waals surface area contributed by atoms with E-state index in [-0.39, 0.29) is 17.8 Å². The summed E-state index contributed by atoms with van der Waals surface area (Å²) in [5.41, 5.74) is 6.98. The highest BCUT2D eigenvalue weighted by molar-refractivity contribution is 5.95. The second-order valence-electron chi connectivity index (χ2n) is 4.44. The number of nitrogens with one attached hydrogen (secondary N) is 1. The fourth-order valence-corrected chi connectivity index (χ4v) is 1.99. The summed E-state index contributed by atoms with van der Waals surface area (Å²) >= 11 is 0. The third-order valence-electron chi connectivity index (χ3n) is 3.12. The van der Waals surface area contributed by atoms with Gasteiger partial charge in [-0.25, -0.2) is 4.98 Å². The number of aromatic nitrogens is 1. The number of nitro groups is 1. The monoisotopic (exact) mass is 244 g/mol. The van der Waals surface area contributed by atoms with E-state index >= 15 is 0 Å². The first-order valence-electron chi connectivity index (χ1n) is 5.71. The third kappa shape index (κ3) is 1.76. The van der Waals surface area contributed by atoms with Gasteiger partial charge in [-0.05, 0) is 12.5 Å². The van der Waals surface area contributed by atoms with Gasteiger partial charge in [0.2, 0.25) is 0 Å². The van der Waals surface area contributed by atoms with Gasteiger partial charge < -0.3 is 11.1 Å². The first-order valence-corrected chi connectivity index (χ1v) is 5.71. The second-order valence-corrected chi connectivity index (χ2v) is 4.44. The van der Waals surface area contributed by atoms with Crippen molar-refractivity contribution < 1.29 is 4.92 Å². The number of anilines is 1. The van der Waals surface area contributed by atoms with E-state index in [1.165, 1.54) is 6.20 Å². The molecule has 18 heavy (non-hydrogen) atoms. The van der Waals surface area contributed by atoms with Crippen molar-refractivity contribution in [3.8, 4) is 0 Å². The van der Waals surface area contributed by atoms with Crippen LogP contribution in [0, 0.1) is 10.1 Å². The molecule has 0 radical (unpaired) electrons. The van der Waals surface area contributed by atoms with Gasteiger partial charge in [0.1, 0.15) is 11.9 Å². The molecule has 1 saturated carbocycles. The Morgan fingerprint density at radius 1 is 1.44 bits per heavy atom. The molecule has 3 rings (SSSR count). The van der Waals surface area contributed by atoms with E-state index in [1.54, 1.807) is 0 Å². The molecule has 0 aliphatic heterocycles. The van der Waals surface area contributed by atoms with Crippen molar-refractivity contribution >= 4 is 22.3 Å². The molecule has 1 aliphatic carbocycles. The van der Waals surface area contributed by atoms with Crippen molar-refractivity contribution in [2.75, 3.05) is 5.32 Å². The first kappa shape index (κ1) is 10.9. The van der Waals surface area contributed by atoms with Crippen molar-refractivity contribution in [1.82, 2.24) is 4.98 Å². The van der Waals surface area contributed by atoms with Gasteiger partial charge in [-0.15, -0.1) is 0 Å².